The summed E-state index contributed by atoms with van der Waals surface area (Å²) in [7, 11) is 3.21. The van der Waals surface area contributed by atoms with Gasteiger partial charge >= 0.3 is 0 Å². The molecule has 2 aromatic heterocycles. The molecule has 26 heavy (non-hydrogen) atoms. The molecule has 0 unspecified atom stereocenters. The number of nitrogen functional groups attached to an aromatic ring is 1. The number of anilines is 1. The molecule has 8 nitrogen and oxygen atoms in total. The van der Waals surface area contributed by atoms with Crippen LogP contribution in [0.5, 0.6) is 11.5 Å². The lowest BCUT2D eigenvalue weighted by molar-refractivity contribution is 0.324. The Morgan fingerprint density at radius 3 is 2.46 bits per heavy atom. The molecule has 0 spiro atoms. The SMILES string of the molecule is COc1cc(C#Cc2nn(C3CNC3)c3ncnc(N)c23)cc(OC)c1. The zero-order valence-corrected chi connectivity index (χ0v) is 14.5. The Bertz CT molecular complexity index is 1010. The summed E-state index contributed by atoms with van der Waals surface area (Å²) in [6, 6.07) is 5.72. The van der Waals surface area contributed by atoms with Gasteiger partial charge in [0.15, 0.2) is 5.65 Å². The van der Waals surface area contributed by atoms with Crippen LogP contribution in [0.25, 0.3) is 11.0 Å². The van der Waals surface area contributed by atoms with Crippen LogP contribution in [0.2, 0.25) is 0 Å². The fourth-order valence-electron chi connectivity index (χ4n) is 2.79. The highest BCUT2D eigenvalue weighted by Gasteiger charge is 2.24. The van der Waals surface area contributed by atoms with Crippen LogP contribution in [0.4, 0.5) is 5.82 Å². The molecular formula is C18H18N6O2. The standard InChI is InChI=1S/C18H18N6O2/c1-25-13-5-11(6-14(7-13)26-2)3-4-15-16-17(19)21-10-22-18(16)24(23-15)12-8-20-9-12/h5-7,10,12,20H,8-9H2,1-2H3,(H2,19,21,22). The average molecular weight is 350 g/mol. The third-order valence-corrected chi connectivity index (χ3v) is 4.30. The van der Waals surface area contributed by atoms with E-state index in [2.05, 4.69) is 32.2 Å². The molecule has 1 aliphatic heterocycles. The predicted molar refractivity (Wildman–Crippen MR) is 97.2 cm³/mol. The summed E-state index contributed by atoms with van der Waals surface area (Å²) >= 11 is 0. The Morgan fingerprint density at radius 1 is 1.12 bits per heavy atom. The van der Waals surface area contributed by atoms with E-state index in [0.29, 0.717) is 34.0 Å². The van der Waals surface area contributed by atoms with Gasteiger partial charge in [-0.3, -0.25) is 0 Å². The smallest absolute Gasteiger partial charge is 0.165 e. The Hall–Kier alpha value is -3.31. The predicted octanol–water partition coefficient (Wildman–Crippen LogP) is 0.970. The lowest BCUT2D eigenvalue weighted by Gasteiger charge is -2.27. The quantitative estimate of drug-likeness (QED) is 0.679. The number of rotatable bonds is 3. The number of nitrogens with two attached hydrogens (primary N) is 1. The number of fused-ring (bicyclic) bond motifs is 1. The van der Waals surface area contributed by atoms with Gasteiger partial charge in [-0.05, 0) is 18.1 Å². The largest absolute Gasteiger partial charge is 0.497 e. The van der Waals surface area contributed by atoms with Crippen molar-refractivity contribution in [1.29, 1.82) is 0 Å². The van der Waals surface area contributed by atoms with Gasteiger partial charge in [0.05, 0.1) is 25.6 Å². The summed E-state index contributed by atoms with van der Waals surface area (Å²) in [5, 5.41) is 8.54. The molecule has 3 aromatic rings. The molecule has 1 fully saturated rings. The normalized spacial score (nSPS) is 13.8. The van der Waals surface area contributed by atoms with Gasteiger partial charge in [-0.15, -0.1) is 0 Å². The molecule has 8 heteroatoms. The van der Waals surface area contributed by atoms with Crippen molar-refractivity contribution in [3.05, 3.63) is 35.8 Å². The second kappa shape index (κ2) is 6.54. The molecule has 1 aliphatic rings. The molecule has 4 rings (SSSR count). The summed E-state index contributed by atoms with van der Waals surface area (Å²) in [6.07, 6.45) is 1.45. The first-order valence-corrected chi connectivity index (χ1v) is 8.14. The van der Waals surface area contributed by atoms with Crippen LogP contribution >= 0.6 is 0 Å². The van der Waals surface area contributed by atoms with Crippen molar-refractivity contribution < 1.29 is 9.47 Å². The van der Waals surface area contributed by atoms with Crippen LogP contribution in [0, 0.1) is 11.8 Å². The van der Waals surface area contributed by atoms with E-state index in [4.69, 9.17) is 15.2 Å². The molecule has 0 saturated carbocycles. The molecule has 0 atom stereocenters. The van der Waals surface area contributed by atoms with Crippen molar-refractivity contribution in [3.8, 4) is 23.3 Å². The summed E-state index contributed by atoms with van der Waals surface area (Å²) < 4.78 is 12.4. The molecule has 1 aromatic carbocycles. The fraction of sp³-hybridized carbons (Fsp3) is 0.278. The van der Waals surface area contributed by atoms with Gasteiger partial charge in [0.2, 0.25) is 0 Å². The van der Waals surface area contributed by atoms with Gasteiger partial charge in [0.25, 0.3) is 0 Å². The lowest BCUT2D eigenvalue weighted by Crippen LogP contribution is -2.43. The Morgan fingerprint density at radius 2 is 1.85 bits per heavy atom. The summed E-state index contributed by atoms with van der Waals surface area (Å²) in [5.74, 6) is 7.93. The second-order valence-corrected chi connectivity index (χ2v) is 5.91. The fourth-order valence-corrected chi connectivity index (χ4v) is 2.79. The number of nitrogens with one attached hydrogen (secondary N) is 1. The van der Waals surface area contributed by atoms with Gasteiger partial charge in [-0.1, -0.05) is 5.92 Å². The number of aromatic nitrogens is 4. The minimum Gasteiger partial charge on any atom is -0.497 e. The first-order chi connectivity index (χ1) is 12.7. The molecular weight excluding hydrogens is 332 g/mol. The maximum Gasteiger partial charge on any atom is 0.165 e. The highest BCUT2D eigenvalue weighted by Crippen LogP contribution is 2.25. The summed E-state index contributed by atoms with van der Waals surface area (Å²) in [6.45, 7) is 1.70. The summed E-state index contributed by atoms with van der Waals surface area (Å²) in [4.78, 5) is 8.43. The number of benzene rings is 1. The maximum atomic E-state index is 6.06. The van der Waals surface area contributed by atoms with E-state index in [1.54, 1.807) is 20.3 Å². The molecule has 0 radical (unpaired) electrons. The zero-order chi connectivity index (χ0) is 18.1. The minimum atomic E-state index is 0.249. The first-order valence-electron chi connectivity index (χ1n) is 8.14. The molecule has 132 valence electrons. The summed E-state index contributed by atoms with van der Waals surface area (Å²) in [5.41, 5.74) is 8.08. The molecule has 1 saturated heterocycles. The van der Waals surface area contributed by atoms with E-state index < -0.39 is 0 Å². The third kappa shape index (κ3) is 2.78. The third-order valence-electron chi connectivity index (χ3n) is 4.30. The number of methoxy groups -OCH3 is 2. The van der Waals surface area contributed by atoms with Crippen molar-refractivity contribution >= 4 is 16.9 Å². The Kier molecular flexibility index (Phi) is 4.07. The van der Waals surface area contributed by atoms with Gasteiger partial charge < -0.3 is 20.5 Å². The van der Waals surface area contributed by atoms with Crippen LogP contribution < -0.4 is 20.5 Å². The van der Waals surface area contributed by atoms with Gasteiger partial charge in [0.1, 0.15) is 29.3 Å². The molecule has 3 heterocycles. The topological polar surface area (TPSA) is 100 Å². The zero-order valence-electron chi connectivity index (χ0n) is 14.5. The van der Waals surface area contributed by atoms with E-state index in [-0.39, 0.29) is 6.04 Å². The van der Waals surface area contributed by atoms with E-state index >= 15 is 0 Å². The van der Waals surface area contributed by atoms with Crippen LogP contribution in [0.15, 0.2) is 24.5 Å². The second-order valence-electron chi connectivity index (χ2n) is 5.91. The van der Waals surface area contributed by atoms with Crippen LogP contribution in [-0.2, 0) is 0 Å². The van der Waals surface area contributed by atoms with Gasteiger partial charge in [-0.25, -0.2) is 14.6 Å². The maximum absolute atomic E-state index is 6.06. The molecule has 0 amide bonds. The van der Waals surface area contributed by atoms with Crippen LogP contribution in [0.3, 0.4) is 0 Å². The van der Waals surface area contributed by atoms with Crippen molar-refractivity contribution in [2.75, 3.05) is 33.0 Å². The van der Waals surface area contributed by atoms with Crippen molar-refractivity contribution in [2.45, 2.75) is 6.04 Å². The van der Waals surface area contributed by atoms with Crippen LogP contribution in [-0.4, -0.2) is 47.1 Å². The monoisotopic (exact) mass is 350 g/mol. The van der Waals surface area contributed by atoms with Crippen LogP contribution in [0.1, 0.15) is 17.3 Å². The number of hydrogen-bond donors (Lipinski definition) is 2. The number of hydrogen-bond acceptors (Lipinski definition) is 7. The van der Waals surface area contributed by atoms with E-state index in [1.807, 2.05) is 16.8 Å². The highest BCUT2D eigenvalue weighted by atomic mass is 16.5. The minimum absolute atomic E-state index is 0.249. The molecule has 3 N–H and O–H groups in total. The van der Waals surface area contributed by atoms with E-state index in [0.717, 1.165) is 18.7 Å². The van der Waals surface area contributed by atoms with E-state index in [9.17, 15) is 0 Å². The Balaban J connectivity index is 1.80. The van der Waals surface area contributed by atoms with Crippen molar-refractivity contribution in [2.24, 2.45) is 0 Å². The molecule has 0 bridgehead atoms. The van der Waals surface area contributed by atoms with Gasteiger partial charge in [-0.2, -0.15) is 5.10 Å². The first kappa shape index (κ1) is 16.2. The average Bonchev–Trinajstić information content (AvgIpc) is 2.98. The molecule has 0 aliphatic carbocycles. The van der Waals surface area contributed by atoms with Crippen molar-refractivity contribution in [1.82, 2.24) is 25.1 Å². The lowest BCUT2D eigenvalue weighted by atomic mass is 10.2. The van der Waals surface area contributed by atoms with E-state index in [1.165, 1.54) is 6.33 Å². The van der Waals surface area contributed by atoms with Crippen molar-refractivity contribution in [3.63, 3.8) is 0 Å². The number of nitrogens with zero attached hydrogens (tertiary/aromatic N) is 4. The highest BCUT2D eigenvalue weighted by molar-refractivity contribution is 5.90. The Labute approximate surface area is 150 Å². The van der Waals surface area contributed by atoms with Gasteiger partial charge in [0, 0.05) is 24.7 Å². The number of ether oxygens (including phenoxy) is 2.